The van der Waals surface area contributed by atoms with Crippen molar-refractivity contribution in [3.8, 4) is 17.2 Å². The summed E-state index contributed by atoms with van der Waals surface area (Å²) < 4.78 is 11.6. The number of benzene rings is 1. The highest BCUT2D eigenvalue weighted by Gasteiger charge is 2.30. The standard InChI is InChI=1S/C13H15IN2O3/c1-4-13(2,18-3)12-15-11(19-16-12)9-7-8(14)5-6-10(9)17/h5-7,17H,4H2,1-3H3. The van der Waals surface area contributed by atoms with Gasteiger partial charge in [-0.15, -0.1) is 0 Å². The molecule has 1 aromatic heterocycles. The van der Waals surface area contributed by atoms with Crippen molar-refractivity contribution in [3.05, 3.63) is 27.6 Å². The van der Waals surface area contributed by atoms with Crippen LogP contribution in [-0.2, 0) is 10.3 Å². The van der Waals surface area contributed by atoms with Crippen LogP contribution < -0.4 is 0 Å². The van der Waals surface area contributed by atoms with Gasteiger partial charge >= 0.3 is 0 Å². The van der Waals surface area contributed by atoms with Crippen LogP contribution in [0.3, 0.4) is 0 Å². The first kappa shape index (κ1) is 14.3. The van der Waals surface area contributed by atoms with Crippen LogP contribution in [0, 0.1) is 3.57 Å². The number of hydrogen-bond donors (Lipinski definition) is 1. The first-order chi connectivity index (χ1) is 9.00. The van der Waals surface area contributed by atoms with Gasteiger partial charge in [0.15, 0.2) is 0 Å². The number of ether oxygens (including phenoxy) is 1. The largest absolute Gasteiger partial charge is 0.507 e. The van der Waals surface area contributed by atoms with Gasteiger partial charge in [0, 0.05) is 10.7 Å². The molecular weight excluding hydrogens is 359 g/mol. The summed E-state index contributed by atoms with van der Waals surface area (Å²) in [6.07, 6.45) is 0.723. The van der Waals surface area contributed by atoms with Crippen LogP contribution >= 0.6 is 22.6 Å². The predicted molar refractivity (Wildman–Crippen MR) is 78.8 cm³/mol. The maximum atomic E-state index is 9.85. The van der Waals surface area contributed by atoms with Crippen molar-refractivity contribution in [2.24, 2.45) is 0 Å². The van der Waals surface area contributed by atoms with E-state index < -0.39 is 5.60 Å². The second-order valence-corrected chi connectivity index (χ2v) is 5.62. The Morgan fingerprint density at radius 2 is 2.21 bits per heavy atom. The van der Waals surface area contributed by atoms with Crippen molar-refractivity contribution in [2.45, 2.75) is 25.9 Å². The Morgan fingerprint density at radius 3 is 2.84 bits per heavy atom. The maximum Gasteiger partial charge on any atom is 0.261 e. The smallest absolute Gasteiger partial charge is 0.261 e. The summed E-state index contributed by atoms with van der Waals surface area (Å²) in [7, 11) is 1.61. The van der Waals surface area contributed by atoms with E-state index in [0.29, 0.717) is 17.3 Å². The van der Waals surface area contributed by atoms with Gasteiger partial charge in [0.1, 0.15) is 11.4 Å². The van der Waals surface area contributed by atoms with Crippen LogP contribution in [-0.4, -0.2) is 22.4 Å². The van der Waals surface area contributed by atoms with Crippen molar-refractivity contribution in [2.75, 3.05) is 7.11 Å². The van der Waals surface area contributed by atoms with Gasteiger partial charge in [0.05, 0.1) is 5.56 Å². The van der Waals surface area contributed by atoms with Crippen molar-refractivity contribution in [3.63, 3.8) is 0 Å². The molecule has 0 bridgehead atoms. The fraction of sp³-hybridized carbons (Fsp3) is 0.385. The molecule has 0 spiro atoms. The van der Waals surface area contributed by atoms with E-state index in [-0.39, 0.29) is 5.75 Å². The molecule has 1 aromatic carbocycles. The summed E-state index contributed by atoms with van der Waals surface area (Å²) in [6, 6.07) is 5.21. The topological polar surface area (TPSA) is 68.4 Å². The van der Waals surface area contributed by atoms with E-state index in [2.05, 4.69) is 32.7 Å². The number of nitrogens with zero attached hydrogens (tertiary/aromatic N) is 2. The molecule has 2 aromatic rings. The molecule has 19 heavy (non-hydrogen) atoms. The highest BCUT2D eigenvalue weighted by Crippen LogP contribution is 2.32. The molecule has 5 nitrogen and oxygen atoms in total. The fourth-order valence-corrected chi connectivity index (χ4v) is 2.11. The van der Waals surface area contributed by atoms with Crippen LogP contribution in [0.15, 0.2) is 22.7 Å². The number of aromatic nitrogens is 2. The Balaban J connectivity index is 2.44. The van der Waals surface area contributed by atoms with Gasteiger partial charge < -0.3 is 14.4 Å². The molecule has 0 amide bonds. The minimum atomic E-state index is -0.584. The Morgan fingerprint density at radius 1 is 1.47 bits per heavy atom. The van der Waals surface area contributed by atoms with Gasteiger partial charge in [-0.2, -0.15) is 4.98 Å². The Bertz CT molecular complexity index is 579. The molecule has 2 rings (SSSR count). The number of aromatic hydroxyl groups is 1. The van der Waals surface area contributed by atoms with Crippen molar-refractivity contribution >= 4 is 22.6 Å². The molecule has 1 N–H and O–H groups in total. The summed E-state index contributed by atoms with van der Waals surface area (Å²) in [5, 5.41) is 13.8. The lowest BCUT2D eigenvalue weighted by atomic mass is 10.0. The average molecular weight is 374 g/mol. The summed E-state index contributed by atoms with van der Waals surface area (Å²) in [5.74, 6) is 0.889. The van der Waals surface area contributed by atoms with E-state index in [9.17, 15) is 5.11 Å². The van der Waals surface area contributed by atoms with Gasteiger partial charge in [-0.25, -0.2) is 0 Å². The number of methoxy groups -OCH3 is 1. The van der Waals surface area contributed by atoms with Crippen molar-refractivity contribution < 1.29 is 14.4 Å². The summed E-state index contributed by atoms with van der Waals surface area (Å²) in [5.41, 5.74) is -0.0561. The molecule has 0 saturated heterocycles. The second-order valence-electron chi connectivity index (χ2n) is 4.37. The molecule has 0 radical (unpaired) electrons. The molecule has 1 heterocycles. The van der Waals surface area contributed by atoms with Gasteiger partial charge in [0.2, 0.25) is 5.82 Å². The first-order valence-electron chi connectivity index (χ1n) is 5.88. The normalized spacial score (nSPS) is 14.3. The quantitative estimate of drug-likeness (QED) is 0.832. The number of phenols is 1. The lowest BCUT2D eigenvalue weighted by Gasteiger charge is -2.21. The molecule has 6 heteroatoms. The Labute approximate surface area is 125 Å². The predicted octanol–water partition coefficient (Wildman–Crippen LogP) is 3.32. The third kappa shape index (κ3) is 2.74. The maximum absolute atomic E-state index is 9.85. The zero-order valence-electron chi connectivity index (χ0n) is 11.0. The van der Waals surface area contributed by atoms with Crippen molar-refractivity contribution in [1.29, 1.82) is 0 Å². The van der Waals surface area contributed by atoms with Gasteiger partial charge in [0.25, 0.3) is 5.89 Å². The minimum Gasteiger partial charge on any atom is -0.507 e. The molecule has 0 aliphatic carbocycles. The Kier molecular flexibility index (Phi) is 4.10. The van der Waals surface area contributed by atoms with Crippen LogP contribution in [0.25, 0.3) is 11.5 Å². The number of phenolic OH excluding ortho intramolecular Hbond substituents is 1. The van der Waals surface area contributed by atoms with Gasteiger partial charge in [-0.3, -0.25) is 0 Å². The first-order valence-corrected chi connectivity index (χ1v) is 6.96. The van der Waals surface area contributed by atoms with Crippen LogP contribution in [0.5, 0.6) is 5.75 Å². The zero-order valence-corrected chi connectivity index (χ0v) is 13.1. The van der Waals surface area contributed by atoms with E-state index >= 15 is 0 Å². The lowest BCUT2D eigenvalue weighted by molar-refractivity contribution is -0.0106. The monoisotopic (exact) mass is 374 g/mol. The van der Waals surface area contributed by atoms with Crippen LogP contribution in [0.2, 0.25) is 0 Å². The molecule has 0 fully saturated rings. The van der Waals surface area contributed by atoms with Gasteiger partial charge in [-0.05, 0) is 54.1 Å². The summed E-state index contributed by atoms with van der Waals surface area (Å²) in [4.78, 5) is 4.33. The van der Waals surface area contributed by atoms with E-state index in [1.165, 1.54) is 0 Å². The van der Waals surface area contributed by atoms with Crippen LogP contribution in [0.4, 0.5) is 0 Å². The fourth-order valence-electron chi connectivity index (χ4n) is 1.62. The van der Waals surface area contributed by atoms with E-state index in [0.717, 1.165) is 9.99 Å². The highest BCUT2D eigenvalue weighted by molar-refractivity contribution is 14.1. The molecule has 102 valence electrons. The molecule has 0 saturated carbocycles. The van der Waals surface area contributed by atoms with Gasteiger partial charge in [-0.1, -0.05) is 12.1 Å². The van der Waals surface area contributed by atoms with Crippen molar-refractivity contribution in [1.82, 2.24) is 10.1 Å². The number of halogens is 1. The van der Waals surface area contributed by atoms with E-state index in [4.69, 9.17) is 9.26 Å². The molecule has 1 unspecified atom stereocenters. The van der Waals surface area contributed by atoms with Crippen LogP contribution in [0.1, 0.15) is 26.1 Å². The lowest BCUT2D eigenvalue weighted by Crippen LogP contribution is -2.24. The summed E-state index contributed by atoms with van der Waals surface area (Å²) in [6.45, 7) is 3.89. The molecule has 1 atom stereocenters. The average Bonchev–Trinajstić information content (AvgIpc) is 2.90. The number of rotatable bonds is 4. The third-order valence-corrected chi connectivity index (χ3v) is 3.88. The Hall–Kier alpha value is -1.15. The zero-order chi connectivity index (χ0) is 14.0. The molecule has 0 aliphatic rings. The van der Waals surface area contributed by atoms with E-state index in [1.807, 2.05) is 19.9 Å². The SMILES string of the molecule is CCC(C)(OC)c1noc(-c2cc(I)ccc2O)n1. The molecule has 0 aliphatic heterocycles. The third-order valence-electron chi connectivity index (χ3n) is 3.21. The minimum absolute atomic E-state index is 0.117. The highest BCUT2D eigenvalue weighted by atomic mass is 127. The molecular formula is C13H15IN2O3. The number of hydrogen-bond acceptors (Lipinski definition) is 5. The second kappa shape index (κ2) is 5.46. The van der Waals surface area contributed by atoms with E-state index in [1.54, 1.807) is 19.2 Å². The summed E-state index contributed by atoms with van der Waals surface area (Å²) >= 11 is 2.16.